The third-order valence-electron chi connectivity index (χ3n) is 8.08. The maximum Gasteiger partial charge on any atom is 0.371 e. The molecule has 8 nitrogen and oxygen atoms in total. The number of halogens is 1. The van der Waals surface area contributed by atoms with E-state index in [0.29, 0.717) is 55.3 Å². The number of nitrogens with two attached hydrogens (primary N) is 1. The second-order valence-corrected chi connectivity index (χ2v) is 10.4. The molecule has 0 unspecified atom stereocenters. The van der Waals surface area contributed by atoms with E-state index in [0.717, 1.165) is 5.56 Å². The van der Waals surface area contributed by atoms with Crippen molar-refractivity contribution in [3.05, 3.63) is 65.9 Å². The maximum absolute atomic E-state index is 13.7. The number of carboxylic acids is 1. The molecule has 0 bridgehead atoms. The lowest BCUT2D eigenvalue weighted by Crippen LogP contribution is -2.48. The zero-order valence-corrected chi connectivity index (χ0v) is 21.0. The van der Waals surface area contributed by atoms with Gasteiger partial charge in [0.1, 0.15) is 18.3 Å². The van der Waals surface area contributed by atoms with Crippen molar-refractivity contribution in [3.8, 4) is 0 Å². The maximum atomic E-state index is 13.7. The first kappa shape index (κ1) is 25.9. The molecule has 2 amide bonds. The number of hydrogen-bond donors (Lipinski definition) is 3. The summed E-state index contributed by atoms with van der Waals surface area (Å²) >= 11 is 0. The molecule has 9 heteroatoms. The number of anilines is 1. The van der Waals surface area contributed by atoms with Gasteiger partial charge in [0.15, 0.2) is 0 Å². The van der Waals surface area contributed by atoms with E-state index in [1.54, 1.807) is 23.1 Å². The van der Waals surface area contributed by atoms with Crippen LogP contribution in [0.15, 0.2) is 59.0 Å². The van der Waals surface area contributed by atoms with Crippen molar-refractivity contribution >= 4 is 34.4 Å². The minimum absolute atomic E-state index is 0.0350. The van der Waals surface area contributed by atoms with E-state index in [-0.39, 0.29) is 35.3 Å². The van der Waals surface area contributed by atoms with Gasteiger partial charge in [-0.05, 0) is 67.9 Å². The molecule has 0 radical (unpaired) electrons. The van der Waals surface area contributed by atoms with Crippen LogP contribution in [-0.4, -0.2) is 53.1 Å². The molecule has 200 valence electrons. The van der Waals surface area contributed by atoms with Crippen LogP contribution < -0.4 is 11.1 Å². The van der Waals surface area contributed by atoms with Gasteiger partial charge in [0, 0.05) is 35.5 Å². The van der Waals surface area contributed by atoms with E-state index < -0.39 is 24.7 Å². The van der Waals surface area contributed by atoms with Crippen LogP contribution in [0.25, 0.3) is 11.0 Å². The summed E-state index contributed by atoms with van der Waals surface area (Å²) in [7, 11) is 0. The van der Waals surface area contributed by atoms with Gasteiger partial charge in [-0.1, -0.05) is 30.3 Å². The van der Waals surface area contributed by atoms with Crippen LogP contribution >= 0.6 is 0 Å². The lowest BCUT2D eigenvalue weighted by atomic mass is 9.78. The van der Waals surface area contributed by atoms with Crippen molar-refractivity contribution in [2.24, 2.45) is 17.6 Å². The summed E-state index contributed by atoms with van der Waals surface area (Å²) < 4.78 is 18.4. The number of nitrogens with zero attached hydrogens (tertiary/aromatic N) is 1. The van der Waals surface area contributed by atoms with Crippen LogP contribution in [0, 0.1) is 11.8 Å². The Balaban J connectivity index is 1.37. The predicted octanol–water partition coefficient (Wildman–Crippen LogP) is 4.56. The zero-order chi connectivity index (χ0) is 26.8. The first-order valence-corrected chi connectivity index (χ1v) is 13.1. The Morgan fingerprint density at radius 1 is 1.05 bits per heavy atom. The van der Waals surface area contributed by atoms with Gasteiger partial charge in [-0.15, -0.1) is 0 Å². The molecule has 1 saturated carbocycles. The molecular formula is C29H32FN3O5. The number of rotatable bonds is 7. The van der Waals surface area contributed by atoms with Crippen molar-refractivity contribution in [2.75, 3.05) is 18.5 Å². The van der Waals surface area contributed by atoms with Gasteiger partial charge >= 0.3 is 5.97 Å². The summed E-state index contributed by atoms with van der Waals surface area (Å²) in [6, 6.07) is 14.9. The molecule has 5 rings (SSSR count). The molecule has 38 heavy (non-hydrogen) atoms. The number of alkyl halides is 1. The number of carboxylic acid groups (broad SMARTS) is 1. The highest BCUT2D eigenvalue weighted by atomic mass is 19.1. The quantitative estimate of drug-likeness (QED) is 0.419. The molecule has 2 aliphatic rings. The van der Waals surface area contributed by atoms with E-state index in [4.69, 9.17) is 10.2 Å². The monoisotopic (exact) mass is 521 g/mol. The fourth-order valence-corrected chi connectivity index (χ4v) is 6.01. The average molecular weight is 522 g/mol. The number of nitrogens with one attached hydrogen (secondary N) is 1. The second kappa shape index (κ2) is 10.9. The number of aromatic carboxylic acids is 1. The van der Waals surface area contributed by atoms with Crippen molar-refractivity contribution in [1.29, 1.82) is 0 Å². The van der Waals surface area contributed by atoms with Crippen LogP contribution in [0.2, 0.25) is 0 Å². The van der Waals surface area contributed by atoms with E-state index >= 15 is 0 Å². The number of hydrogen-bond acceptors (Lipinski definition) is 5. The number of furan rings is 1. The molecule has 1 aliphatic carbocycles. The Morgan fingerprint density at radius 2 is 1.79 bits per heavy atom. The second-order valence-electron chi connectivity index (χ2n) is 10.4. The SMILES string of the molecule is N[C@H](CF)[C@H]1CC[C@H](C(=O)N2CC[C@H](c3ccccc3)[C@H]2C(=O)Nc2ccc3oc(C(=O)O)cc3c2)CC1. The van der Waals surface area contributed by atoms with Gasteiger partial charge in [-0.2, -0.15) is 0 Å². The Kier molecular flexibility index (Phi) is 7.46. The Hall–Kier alpha value is -3.72. The lowest BCUT2D eigenvalue weighted by molar-refractivity contribution is -0.141. The van der Waals surface area contributed by atoms with Crippen LogP contribution in [0.5, 0.6) is 0 Å². The van der Waals surface area contributed by atoms with E-state index in [9.17, 15) is 23.9 Å². The average Bonchev–Trinajstić information content (AvgIpc) is 3.58. The molecule has 4 N–H and O–H groups in total. The Labute approximate surface area is 220 Å². The van der Waals surface area contributed by atoms with Crippen LogP contribution in [0.4, 0.5) is 10.1 Å². The molecule has 3 aromatic rings. The number of amides is 2. The van der Waals surface area contributed by atoms with Crippen LogP contribution in [-0.2, 0) is 9.59 Å². The molecule has 2 aromatic carbocycles. The van der Waals surface area contributed by atoms with E-state index in [1.807, 2.05) is 30.3 Å². The van der Waals surface area contributed by atoms with Gasteiger partial charge in [0.2, 0.25) is 17.6 Å². The number of benzene rings is 2. The molecular weight excluding hydrogens is 489 g/mol. The minimum atomic E-state index is -1.17. The molecule has 1 aliphatic heterocycles. The minimum Gasteiger partial charge on any atom is -0.475 e. The van der Waals surface area contributed by atoms with Gasteiger partial charge in [0.05, 0.1) is 0 Å². The smallest absolute Gasteiger partial charge is 0.371 e. The number of carbonyl (C=O) groups is 3. The summed E-state index contributed by atoms with van der Waals surface area (Å²) in [5.74, 6) is -1.96. The fraction of sp³-hybridized carbons (Fsp3) is 0.414. The fourth-order valence-electron chi connectivity index (χ4n) is 6.01. The van der Waals surface area contributed by atoms with Crippen molar-refractivity contribution in [3.63, 3.8) is 0 Å². The summed E-state index contributed by atoms with van der Waals surface area (Å²) in [4.78, 5) is 40.4. The van der Waals surface area contributed by atoms with Gasteiger partial charge < -0.3 is 25.5 Å². The number of fused-ring (bicyclic) bond motifs is 1. The van der Waals surface area contributed by atoms with Gasteiger partial charge in [0.25, 0.3) is 0 Å². The van der Waals surface area contributed by atoms with Crippen LogP contribution in [0.3, 0.4) is 0 Å². The molecule has 1 saturated heterocycles. The molecule has 1 aromatic heterocycles. The predicted molar refractivity (Wildman–Crippen MR) is 141 cm³/mol. The highest BCUT2D eigenvalue weighted by Crippen LogP contribution is 2.38. The molecule has 2 heterocycles. The lowest BCUT2D eigenvalue weighted by Gasteiger charge is -2.35. The van der Waals surface area contributed by atoms with E-state index in [1.165, 1.54) is 6.07 Å². The van der Waals surface area contributed by atoms with Gasteiger partial charge in [-0.3, -0.25) is 9.59 Å². The molecule has 3 atom stereocenters. The summed E-state index contributed by atoms with van der Waals surface area (Å²) in [6.45, 7) is -0.0816. The Morgan fingerprint density at radius 3 is 2.47 bits per heavy atom. The number of likely N-dealkylation sites (tertiary alicyclic amines) is 1. The third kappa shape index (κ3) is 5.15. The van der Waals surface area contributed by atoms with Crippen molar-refractivity contribution in [1.82, 2.24) is 4.90 Å². The summed E-state index contributed by atoms with van der Waals surface area (Å²) in [5, 5.41) is 12.7. The summed E-state index contributed by atoms with van der Waals surface area (Å²) in [5.41, 5.74) is 7.80. The number of carbonyl (C=O) groups excluding carboxylic acids is 2. The summed E-state index contributed by atoms with van der Waals surface area (Å²) in [6.07, 6.45) is 3.36. The van der Waals surface area contributed by atoms with Crippen molar-refractivity contribution in [2.45, 2.75) is 50.1 Å². The Bertz CT molecular complexity index is 1320. The normalized spacial score (nSPS) is 24.3. The molecule has 0 spiro atoms. The standard InChI is InChI=1S/C29H32FN3O5/c30-16-23(31)18-6-8-19(9-7-18)28(35)33-13-12-22(17-4-2-1-3-5-17)26(33)27(34)32-21-10-11-24-20(14-21)15-25(38-24)29(36)37/h1-5,10-11,14-15,18-19,22-23,26H,6-9,12-13,16,31H2,(H,32,34)(H,36,37)/t18-,19-,22-,23-,26+/m1/s1. The molecule has 2 fully saturated rings. The highest BCUT2D eigenvalue weighted by Gasteiger charge is 2.44. The largest absolute Gasteiger partial charge is 0.475 e. The zero-order valence-electron chi connectivity index (χ0n) is 21.0. The topological polar surface area (TPSA) is 126 Å². The van der Waals surface area contributed by atoms with Gasteiger partial charge in [-0.25, -0.2) is 9.18 Å². The first-order chi connectivity index (χ1) is 18.4. The third-order valence-corrected chi connectivity index (χ3v) is 8.08. The highest BCUT2D eigenvalue weighted by molar-refractivity contribution is 6.00. The first-order valence-electron chi connectivity index (χ1n) is 13.1. The van der Waals surface area contributed by atoms with E-state index in [2.05, 4.69) is 5.32 Å². The van der Waals surface area contributed by atoms with Crippen LogP contribution in [0.1, 0.15) is 54.1 Å². The van der Waals surface area contributed by atoms with Crippen molar-refractivity contribution < 1.29 is 28.3 Å².